The predicted octanol–water partition coefficient (Wildman–Crippen LogP) is 5.53. The first-order chi connectivity index (χ1) is 14.5. The summed E-state index contributed by atoms with van der Waals surface area (Å²) in [7, 11) is -3.45. The van der Waals surface area contributed by atoms with Gasteiger partial charge in [-0.1, -0.05) is 24.3 Å². The van der Waals surface area contributed by atoms with Crippen LogP contribution in [0.4, 0.5) is 13.2 Å². The van der Waals surface area contributed by atoms with Gasteiger partial charge in [0.2, 0.25) is 0 Å². The van der Waals surface area contributed by atoms with Gasteiger partial charge in [0.15, 0.2) is 15.5 Å². The summed E-state index contributed by atoms with van der Waals surface area (Å²) in [6.07, 6.45) is -2.02. The van der Waals surface area contributed by atoms with Gasteiger partial charge in [-0.2, -0.15) is 18.3 Å². The first-order valence-corrected chi connectivity index (χ1v) is 11.1. The lowest BCUT2D eigenvalue weighted by Crippen LogP contribution is -2.08. The van der Waals surface area contributed by atoms with Gasteiger partial charge in [0.05, 0.1) is 22.5 Å². The number of aryl methyl sites for hydroxylation is 1. The number of alkyl halides is 3. The van der Waals surface area contributed by atoms with Crippen LogP contribution in [0, 0.1) is 6.92 Å². The Balaban J connectivity index is 1.85. The largest absolute Gasteiger partial charge is 0.464 e. The van der Waals surface area contributed by atoms with E-state index in [-0.39, 0.29) is 10.6 Å². The molecule has 2 aromatic carbocycles. The van der Waals surface area contributed by atoms with Crippen LogP contribution >= 0.6 is 0 Å². The highest BCUT2D eigenvalue weighted by atomic mass is 32.2. The van der Waals surface area contributed by atoms with Gasteiger partial charge in [-0.05, 0) is 48.9 Å². The average Bonchev–Trinajstić information content (AvgIpc) is 3.37. The topological polar surface area (TPSA) is 65.1 Å². The van der Waals surface area contributed by atoms with Gasteiger partial charge in [-0.3, -0.25) is 0 Å². The van der Waals surface area contributed by atoms with Gasteiger partial charge < -0.3 is 4.42 Å². The molecule has 9 heteroatoms. The third kappa shape index (κ3) is 4.13. The quantitative estimate of drug-likeness (QED) is 0.414. The molecular weight excluding hydrogens is 429 g/mol. The Morgan fingerprint density at radius 2 is 1.65 bits per heavy atom. The Morgan fingerprint density at radius 3 is 2.19 bits per heavy atom. The van der Waals surface area contributed by atoms with E-state index < -0.39 is 21.7 Å². The molecule has 0 radical (unpaired) electrons. The maximum absolute atomic E-state index is 13.4. The Hall–Kier alpha value is -3.33. The van der Waals surface area contributed by atoms with Crippen LogP contribution in [0.3, 0.4) is 0 Å². The van der Waals surface area contributed by atoms with E-state index in [1.807, 2.05) is 0 Å². The lowest BCUT2D eigenvalue weighted by atomic mass is 10.1. The highest BCUT2D eigenvalue weighted by Crippen LogP contribution is 2.35. The molecule has 0 aliphatic heterocycles. The van der Waals surface area contributed by atoms with E-state index in [1.165, 1.54) is 29.1 Å². The zero-order valence-electron chi connectivity index (χ0n) is 16.5. The molecule has 0 N–H and O–H groups in total. The van der Waals surface area contributed by atoms with Crippen LogP contribution in [-0.2, 0) is 16.0 Å². The summed E-state index contributed by atoms with van der Waals surface area (Å²) < 4.78 is 70.4. The molecule has 0 unspecified atom stereocenters. The van der Waals surface area contributed by atoms with Gasteiger partial charge in [0.25, 0.3) is 0 Å². The minimum Gasteiger partial charge on any atom is -0.464 e. The average molecular weight is 446 g/mol. The molecule has 31 heavy (non-hydrogen) atoms. The summed E-state index contributed by atoms with van der Waals surface area (Å²) in [5.74, 6) is 0.642. The maximum Gasteiger partial charge on any atom is 0.435 e. The van der Waals surface area contributed by atoms with Crippen molar-refractivity contribution in [1.82, 2.24) is 9.78 Å². The molecule has 5 nitrogen and oxygen atoms in total. The molecule has 0 aliphatic carbocycles. The number of benzene rings is 2. The molecule has 2 aromatic heterocycles. The van der Waals surface area contributed by atoms with Crippen molar-refractivity contribution in [3.63, 3.8) is 0 Å². The summed E-state index contributed by atoms with van der Waals surface area (Å²) in [6.45, 7) is 1.63. The maximum atomic E-state index is 13.4. The van der Waals surface area contributed by atoms with Crippen molar-refractivity contribution in [2.24, 2.45) is 0 Å². The van der Waals surface area contributed by atoms with Crippen molar-refractivity contribution < 1.29 is 26.0 Å². The summed E-state index contributed by atoms with van der Waals surface area (Å²) in [6, 6.07) is 15.6. The molecule has 4 rings (SSSR count). The minimum absolute atomic E-state index is 0.0845. The number of aromatic nitrogens is 2. The van der Waals surface area contributed by atoms with Crippen LogP contribution in [0.1, 0.15) is 11.3 Å². The number of furan rings is 1. The van der Waals surface area contributed by atoms with Crippen LogP contribution in [0.25, 0.3) is 28.3 Å². The highest BCUT2D eigenvalue weighted by Gasteiger charge is 2.35. The second kappa shape index (κ2) is 7.42. The molecule has 4 aromatic rings. The van der Waals surface area contributed by atoms with Crippen molar-refractivity contribution >= 4 is 9.84 Å². The number of nitrogens with zero attached hydrogens (tertiary/aromatic N) is 2. The molecule has 0 fully saturated rings. The Bertz CT molecular complexity index is 1340. The van der Waals surface area contributed by atoms with Crippen LogP contribution in [0.15, 0.2) is 76.2 Å². The number of rotatable bonds is 4. The molecule has 0 aliphatic rings. The zero-order chi connectivity index (χ0) is 22.4. The standard InChI is InChI=1S/C22H17F3N2O3S/c1-14-12-17(31(2,28)29)9-10-18(14)27-19(13-21(26-27)22(23,24)25)15-5-7-16(8-6-15)20-4-3-11-30-20/h3-13H,1-2H3. The number of halogens is 3. The third-order valence-electron chi connectivity index (χ3n) is 4.81. The van der Waals surface area contributed by atoms with Crippen molar-refractivity contribution in [2.45, 2.75) is 18.0 Å². The van der Waals surface area contributed by atoms with Crippen LogP contribution < -0.4 is 0 Å². The Labute approximate surface area is 176 Å². The van der Waals surface area contributed by atoms with Crippen molar-refractivity contribution in [1.29, 1.82) is 0 Å². The molecule has 0 amide bonds. The molecule has 0 saturated heterocycles. The fraction of sp³-hybridized carbons (Fsp3) is 0.136. The van der Waals surface area contributed by atoms with Gasteiger partial charge in [-0.15, -0.1) is 0 Å². The second-order valence-electron chi connectivity index (χ2n) is 7.10. The highest BCUT2D eigenvalue weighted by molar-refractivity contribution is 7.90. The fourth-order valence-electron chi connectivity index (χ4n) is 3.25. The normalized spacial score (nSPS) is 12.3. The molecular formula is C22H17F3N2O3S. The molecule has 0 atom stereocenters. The Kier molecular flexibility index (Phi) is 5.01. The monoisotopic (exact) mass is 446 g/mol. The van der Waals surface area contributed by atoms with Crippen molar-refractivity contribution in [3.05, 3.63) is 78.2 Å². The van der Waals surface area contributed by atoms with Crippen molar-refractivity contribution in [2.75, 3.05) is 6.26 Å². The summed E-state index contributed by atoms with van der Waals surface area (Å²) in [5.41, 5.74) is 1.33. The summed E-state index contributed by atoms with van der Waals surface area (Å²) >= 11 is 0. The van der Waals surface area contributed by atoms with Crippen LogP contribution in [-0.4, -0.2) is 24.5 Å². The van der Waals surface area contributed by atoms with E-state index in [9.17, 15) is 21.6 Å². The van der Waals surface area contributed by atoms with E-state index in [4.69, 9.17) is 4.42 Å². The van der Waals surface area contributed by atoms with Gasteiger partial charge in [-0.25, -0.2) is 13.1 Å². The molecule has 2 heterocycles. The van der Waals surface area contributed by atoms with Crippen LogP contribution in [0.5, 0.6) is 0 Å². The third-order valence-corrected chi connectivity index (χ3v) is 5.92. The van der Waals surface area contributed by atoms with Gasteiger partial charge in [0, 0.05) is 17.4 Å². The van der Waals surface area contributed by atoms with E-state index in [1.54, 1.807) is 43.3 Å². The van der Waals surface area contributed by atoms with E-state index in [0.29, 0.717) is 22.6 Å². The van der Waals surface area contributed by atoms with E-state index >= 15 is 0 Å². The number of hydrogen-bond donors (Lipinski definition) is 0. The lowest BCUT2D eigenvalue weighted by molar-refractivity contribution is -0.141. The summed E-state index contributed by atoms with van der Waals surface area (Å²) in [4.78, 5) is 0.0845. The van der Waals surface area contributed by atoms with Gasteiger partial charge >= 0.3 is 6.18 Å². The first kappa shape index (κ1) is 20.9. The first-order valence-electron chi connectivity index (χ1n) is 9.17. The molecule has 0 saturated carbocycles. The second-order valence-corrected chi connectivity index (χ2v) is 9.12. The van der Waals surface area contributed by atoms with E-state index in [2.05, 4.69) is 5.10 Å². The molecule has 0 bridgehead atoms. The molecule has 160 valence electrons. The number of sulfone groups is 1. The summed E-state index contributed by atoms with van der Waals surface area (Å²) in [5, 5.41) is 3.78. The SMILES string of the molecule is Cc1cc(S(C)(=O)=O)ccc1-n1nc(C(F)(F)F)cc1-c1ccc(-c2ccco2)cc1. The predicted molar refractivity (Wildman–Crippen MR) is 110 cm³/mol. The van der Waals surface area contributed by atoms with Crippen molar-refractivity contribution in [3.8, 4) is 28.3 Å². The fourth-order valence-corrected chi connectivity index (χ4v) is 3.96. The number of hydrogen-bond acceptors (Lipinski definition) is 4. The van der Waals surface area contributed by atoms with Crippen LogP contribution in [0.2, 0.25) is 0 Å². The molecule has 0 spiro atoms. The van der Waals surface area contributed by atoms with E-state index in [0.717, 1.165) is 17.9 Å². The minimum atomic E-state index is -4.63. The smallest absolute Gasteiger partial charge is 0.435 e. The lowest BCUT2D eigenvalue weighted by Gasteiger charge is -2.12. The van der Waals surface area contributed by atoms with Gasteiger partial charge in [0.1, 0.15) is 5.76 Å². The zero-order valence-corrected chi connectivity index (χ0v) is 17.3. The Morgan fingerprint density at radius 1 is 0.968 bits per heavy atom.